The number of thiazole rings is 1. The lowest BCUT2D eigenvalue weighted by Crippen LogP contribution is -2.36. The molecule has 0 aliphatic carbocycles. The summed E-state index contributed by atoms with van der Waals surface area (Å²) >= 11 is 3.39. The first-order valence-corrected chi connectivity index (χ1v) is 11.7. The second-order valence-electron chi connectivity index (χ2n) is 7.27. The molecule has 8 heteroatoms. The van der Waals surface area contributed by atoms with Gasteiger partial charge in [0.25, 0.3) is 0 Å². The molecule has 0 saturated carbocycles. The van der Waals surface area contributed by atoms with E-state index in [-0.39, 0.29) is 0 Å². The molecule has 1 aliphatic heterocycles. The van der Waals surface area contributed by atoms with Crippen LogP contribution in [0.2, 0.25) is 0 Å². The number of aromatic nitrogens is 3. The Morgan fingerprint density at radius 2 is 1.97 bits per heavy atom. The van der Waals surface area contributed by atoms with E-state index >= 15 is 0 Å². The highest BCUT2D eigenvalue weighted by molar-refractivity contribution is 7.17. The summed E-state index contributed by atoms with van der Waals surface area (Å²) in [6.07, 6.45) is 1.94. The number of morpholine rings is 1. The SMILES string of the molecule is Cc1ncc(CNc2nc(CN3CCOCC3)nc3scc(-c4ccccc4)c23)s1. The van der Waals surface area contributed by atoms with Gasteiger partial charge in [-0.15, -0.1) is 22.7 Å². The summed E-state index contributed by atoms with van der Waals surface area (Å²) in [5, 5.41) is 7.94. The number of fused-ring (bicyclic) bond motifs is 1. The van der Waals surface area contributed by atoms with E-state index in [2.05, 4.69) is 44.8 Å². The largest absolute Gasteiger partial charge is 0.379 e. The number of benzene rings is 1. The highest BCUT2D eigenvalue weighted by Gasteiger charge is 2.18. The van der Waals surface area contributed by atoms with E-state index in [1.165, 1.54) is 16.0 Å². The summed E-state index contributed by atoms with van der Waals surface area (Å²) < 4.78 is 5.48. The van der Waals surface area contributed by atoms with Gasteiger partial charge in [-0.05, 0) is 12.5 Å². The van der Waals surface area contributed by atoms with Crippen LogP contribution in [0.15, 0.2) is 41.9 Å². The number of hydrogen-bond donors (Lipinski definition) is 1. The Hall–Kier alpha value is -2.39. The Morgan fingerprint density at radius 1 is 1.13 bits per heavy atom. The number of nitrogens with one attached hydrogen (secondary N) is 1. The minimum absolute atomic E-state index is 0.707. The zero-order valence-corrected chi connectivity index (χ0v) is 18.4. The third-order valence-electron chi connectivity index (χ3n) is 5.13. The van der Waals surface area contributed by atoms with Gasteiger partial charge in [0.05, 0.1) is 36.7 Å². The van der Waals surface area contributed by atoms with Gasteiger partial charge in [-0.25, -0.2) is 15.0 Å². The lowest BCUT2D eigenvalue weighted by atomic mass is 10.1. The summed E-state index contributed by atoms with van der Waals surface area (Å²) in [4.78, 5) is 18.8. The van der Waals surface area contributed by atoms with Crippen molar-refractivity contribution in [2.24, 2.45) is 0 Å². The van der Waals surface area contributed by atoms with E-state index < -0.39 is 0 Å². The van der Waals surface area contributed by atoms with E-state index in [0.29, 0.717) is 6.54 Å². The van der Waals surface area contributed by atoms with Gasteiger partial charge in [0.1, 0.15) is 16.5 Å². The Labute approximate surface area is 183 Å². The molecular formula is C22H23N5OS2. The predicted octanol–water partition coefficient (Wildman–Crippen LogP) is 4.57. The Balaban J connectivity index is 1.52. The van der Waals surface area contributed by atoms with Crippen LogP contribution in [-0.2, 0) is 17.8 Å². The van der Waals surface area contributed by atoms with Gasteiger partial charge in [-0.3, -0.25) is 4.90 Å². The van der Waals surface area contributed by atoms with Crippen LogP contribution < -0.4 is 5.32 Å². The predicted molar refractivity (Wildman–Crippen MR) is 123 cm³/mol. The van der Waals surface area contributed by atoms with Crippen LogP contribution in [0, 0.1) is 6.92 Å². The first-order valence-electron chi connectivity index (χ1n) is 10.0. The normalized spacial score (nSPS) is 15.0. The zero-order chi connectivity index (χ0) is 20.3. The molecular weight excluding hydrogens is 414 g/mol. The van der Waals surface area contributed by atoms with Crippen molar-refractivity contribution >= 4 is 38.7 Å². The van der Waals surface area contributed by atoms with Gasteiger partial charge in [0.15, 0.2) is 0 Å². The Morgan fingerprint density at radius 3 is 2.73 bits per heavy atom. The summed E-state index contributed by atoms with van der Waals surface area (Å²) in [5.74, 6) is 1.75. The maximum absolute atomic E-state index is 5.48. The van der Waals surface area contributed by atoms with Crippen LogP contribution in [0.4, 0.5) is 5.82 Å². The van der Waals surface area contributed by atoms with Crippen LogP contribution in [0.1, 0.15) is 15.7 Å². The maximum Gasteiger partial charge on any atom is 0.146 e. The molecule has 6 nitrogen and oxygen atoms in total. The molecule has 1 saturated heterocycles. The Bertz CT molecular complexity index is 1140. The van der Waals surface area contributed by atoms with Crippen molar-refractivity contribution in [2.45, 2.75) is 20.0 Å². The van der Waals surface area contributed by atoms with Crippen LogP contribution in [0.5, 0.6) is 0 Å². The van der Waals surface area contributed by atoms with Crippen molar-refractivity contribution < 1.29 is 4.74 Å². The maximum atomic E-state index is 5.48. The number of thiophene rings is 1. The van der Waals surface area contributed by atoms with E-state index in [0.717, 1.165) is 59.7 Å². The summed E-state index contributed by atoms with van der Waals surface area (Å²) in [5.41, 5.74) is 2.36. The molecule has 0 atom stereocenters. The molecule has 0 bridgehead atoms. The van der Waals surface area contributed by atoms with E-state index in [4.69, 9.17) is 14.7 Å². The molecule has 1 N–H and O–H groups in total. The first kappa shape index (κ1) is 19.6. The van der Waals surface area contributed by atoms with Gasteiger partial charge in [0.2, 0.25) is 0 Å². The molecule has 5 rings (SSSR count). The summed E-state index contributed by atoms with van der Waals surface area (Å²) in [6.45, 7) is 6.87. The lowest BCUT2D eigenvalue weighted by Gasteiger charge is -2.25. The first-order chi connectivity index (χ1) is 14.8. The van der Waals surface area contributed by atoms with E-state index in [1.807, 2.05) is 19.2 Å². The fraction of sp³-hybridized carbons (Fsp3) is 0.318. The molecule has 154 valence electrons. The third-order valence-corrected chi connectivity index (χ3v) is 6.92. The number of ether oxygens (including phenoxy) is 1. The average molecular weight is 438 g/mol. The van der Waals surface area contributed by atoms with Crippen molar-refractivity contribution in [1.29, 1.82) is 0 Å². The topological polar surface area (TPSA) is 63.2 Å². The monoisotopic (exact) mass is 437 g/mol. The van der Waals surface area contributed by atoms with Crippen molar-refractivity contribution in [3.05, 3.63) is 57.6 Å². The molecule has 30 heavy (non-hydrogen) atoms. The quantitative estimate of drug-likeness (QED) is 0.477. The van der Waals surface area contributed by atoms with Crippen molar-refractivity contribution in [3.63, 3.8) is 0 Å². The minimum Gasteiger partial charge on any atom is -0.379 e. The second kappa shape index (κ2) is 8.77. The van der Waals surface area contributed by atoms with Gasteiger partial charge in [-0.2, -0.15) is 0 Å². The molecule has 4 aromatic rings. The standard InChI is InChI=1S/C22H23N5OS2/c1-15-23-11-17(30-15)12-24-21-20-18(16-5-3-2-4-6-16)14-29-22(20)26-19(25-21)13-27-7-9-28-10-8-27/h2-6,11,14H,7-10,12-13H2,1H3,(H,24,25,26). The van der Waals surface area contributed by atoms with E-state index in [9.17, 15) is 0 Å². The molecule has 0 radical (unpaired) electrons. The Kier molecular flexibility index (Phi) is 5.72. The molecule has 4 heterocycles. The van der Waals surface area contributed by atoms with Gasteiger partial charge < -0.3 is 10.1 Å². The fourth-order valence-electron chi connectivity index (χ4n) is 3.63. The number of anilines is 1. The number of rotatable bonds is 6. The second-order valence-corrected chi connectivity index (χ2v) is 9.45. The van der Waals surface area contributed by atoms with Crippen molar-refractivity contribution in [1.82, 2.24) is 19.9 Å². The van der Waals surface area contributed by atoms with Crippen LogP contribution in [-0.4, -0.2) is 46.2 Å². The number of aryl methyl sites for hydroxylation is 1. The molecule has 1 aliphatic rings. The molecule has 1 fully saturated rings. The molecule has 3 aromatic heterocycles. The van der Waals surface area contributed by atoms with Gasteiger partial charge in [0, 0.05) is 35.1 Å². The average Bonchev–Trinajstić information content (AvgIpc) is 3.39. The molecule has 0 spiro atoms. The smallest absolute Gasteiger partial charge is 0.146 e. The van der Waals surface area contributed by atoms with Gasteiger partial charge in [-0.1, -0.05) is 30.3 Å². The minimum atomic E-state index is 0.707. The van der Waals surface area contributed by atoms with E-state index in [1.54, 1.807) is 22.7 Å². The fourth-order valence-corrected chi connectivity index (χ4v) is 5.33. The lowest BCUT2D eigenvalue weighted by molar-refractivity contribution is 0.0331. The third kappa shape index (κ3) is 4.22. The van der Waals surface area contributed by atoms with Crippen LogP contribution in [0.3, 0.4) is 0 Å². The molecule has 0 unspecified atom stereocenters. The van der Waals surface area contributed by atoms with Crippen molar-refractivity contribution in [2.75, 3.05) is 31.6 Å². The van der Waals surface area contributed by atoms with Crippen LogP contribution in [0.25, 0.3) is 21.3 Å². The van der Waals surface area contributed by atoms with Crippen molar-refractivity contribution in [3.8, 4) is 11.1 Å². The highest BCUT2D eigenvalue weighted by atomic mass is 32.1. The zero-order valence-electron chi connectivity index (χ0n) is 16.8. The summed E-state index contributed by atoms with van der Waals surface area (Å²) in [7, 11) is 0. The summed E-state index contributed by atoms with van der Waals surface area (Å²) in [6, 6.07) is 10.5. The van der Waals surface area contributed by atoms with Crippen LogP contribution >= 0.6 is 22.7 Å². The van der Waals surface area contributed by atoms with Gasteiger partial charge >= 0.3 is 0 Å². The number of hydrogen-bond acceptors (Lipinski definition) is 8. The molecule has 0 amide bonds. The molecule has 1 aromatic carbocycles. The number of nitrogens with zero attached hydrogens (tertiary/aromatic N) is 4. The highest BCUT2D eigenvalue weighted by Crippen LogP contribution is 2.37.